The number of H-pyrrole nitrogens is 1. The molecular weight excluding hydrogens is 356 g/mol. The summed E-state index contributed by atoms with van der Waals surface area (Å²) in [6.07, 6.45) is 4.27. The van der Waals surface area contributed by atoms with Gasteiger partial charge in [0.25, 0.3) is 0 Å². The minimum Gasteiger partial charge on any atom is -0.446 e. The van der Waals surface area contributed by atoms with Gasteiger partial charge in [-0.25, -0.2) is 9.78 Å². The predicted octanol–water partition coefficient (Wildman–Crippen LogP) is 4.61. The molecule has 3 aromatic heterocycles. The van der Waals surface area contributed by atoms with Crippen molar-refractivity contribution in [3.05, 3.63) is 35.3 Å². The average molecular weight is 382 g/mol. The molecule has 7 nitrogen and oxygen atoms in total. The third-order valence-electron chi connectivity index (χ3n) is 5.33. The molecule has 0 radical (unpaired) electrons. The summed E-state index contributed by atoms with van der Waals surface area (Å²) in [6.45, 7) is 7.69. The van der Waals surface area contributed by atoms with Crippen LogP contribution in [0.3, 0.4) is 0 Å². The summed E-state index contributed by atoms with van der Waals surface area (Å²) in [6, 6.07) is 4.36. The fourth-order valence-electron chi connectivity index (χ4n) is 4.03. The summed E-state index contributed by atoms with van der Waals surface area (Å²) in [5.74, 6) is 1.14. The van der Waals surface area contributed by atoms with Crippen LogP contribution in [0.25, 0.3) is 22.3 Å². The number of nitrogens with one attached hydrogen (secondary N) is 2. The number of carbonyl (C=O) groups excluding carboxylic acids is 1. The zero-order chi connectivity index (χ0) is 19.8. The first-order valence-electron chi connectivity index (χ1n) is 9.79. The molecule has 1 saturated carbocycles. The zero-order valence-electron chi connectivity index (χ0n) is 16.7. The lowest BCUT2D eigenvalue weighted by molar-refractivity contribution is 0.0982. The van der Waals surface area contributed by atoms with E-state index in [9.17, 15) is 4.79 Å². The van der Waals surface area contributed by atoms with Crippen molar-refractivity contribution in [1.29, 1.82) is 0 Å². The first kappa shape index (κ1) is 18.5. The van der Waals surface area contributed by atoms with Crippen molar-refractivity contribution in [2.24, 2.45) is 0 Å². The molecule has 0 aromatic carbocycles. The molecule has 0 bridgehead atoms. The van der Waals surface area contributed by atoms with Crippen molar-refractivity contribution in [3.8, 4) is 11.3 Å². The van der Waals surface area contributed by atoms with E-state index in [1.54, 1.807) is 0 Å². The Kier molecular flexibility index (Phi) is 4.83. The number of nitrogens with zero attached hydrogens (tertiary/aromatic N) is 2. The van der Waals surface area contributed by atoms with Crippen LogP contribution in [0.15, 0.2) is 22.9 Å². The minimum absolute atomic E-state index is 0.0384. The third-order valence-corrected chi connectivity index (χ3v) is 5.33. The van der Waals surface area contributed by atoms with Crippen LogP contribution < -0.4 is 5.32 Å². The SMILES string of the molecule is Cc1noc(C)c1-c1cc2cc([C@H]3CC[C@@H](OC(=O)NC(C)C)C3)cnc2[nH]1. The lowest BCUT2D eigenvalue weighted by Crippen LogP contribution is -2.33. The molecule has 2 N–H and O–H groups in total. The van der Waals surface area contributed by atoms with Gasteiger partial charge in [-0.15, -0.1) is 0 Å². The van der Waals surface area contributed by atoms with E-state index in [2.05, 4.69) is 32.6 Å². The molecule has 0 unspecified atom stereocenters. The molecular formula is C21H26N4O3. The number of ether oxygens (including phenoxy) is 1. The second kappa shape index (κ2) is 7.30. The number of aromatic nitrogens is 3. The van der Waals surface area contributed by atoms with E-state index in [1.807, 2.05) is 33.9 Å². The van der Waals surface area contributed by atoms with Crippen LogP contribution in [-0.4, -0.2) is 33.4 Å². The van der Waals surface area contributed by atoms with Crippen LogP contribution in [0.2, 0.25) is 0 Å². The van der Waals surface area contributed by atoms with Crippen LogP contribution in [0.5, 0.6) is 0 Å². The van der Waals surface area contributed by atoms with Gasteiger partial charge in [0.2, 0.25) is 0 Å². The molecule has 4 rings (SSSR count). The van der Waals surface area contributed by atoms with Crippen LogP contribution in [0.1, 0.15) is 56.0 Å². The quantitative estimate of drug-likeness (QED) is 0.687. The van der Waals surface area contributed by atoms with Gasteiger partial charge in [-0.05, 0) is 70.6 Å². The van der Waals surface area contributed by atoms with Crippen LogP contribution in [0.4, 0.5) is 4.79 Å². The molecule has 0 saturated heterocycles. The van der Waals surface area contributed by atoms with Crippen molar-refractivity contribution in [3.63, 3.8) is 0 Å². The van der Waals surface area contributed by atoms with Crippen LogP contribution in [-0.2, 0) is 4.74 Å². The lowest BCUT2D eigenvalue weighted by Gasteiger charge is -2.15. The highest BCUT2D eigenvalue weighted by Crippen LogP contribution is 2.37. The Hall–Kier alpha value is -2.83. The maximum absolute atomic E-state index is 11.8. The number of rotatable bonds is 4. The second-order valence-electron chi connectivity index (χ2n) is 7.92. The number of carbonyl (C=O) groups is 1. The van der Waals surface area contributed by atoms with Crippen molar-refractivity contribution < 1.29 is 14.1 Å². The summed E-state index contributed by atoms with van der Waals surface area (Å²) in [5, 5.41) is 7.88. The molecule has 3 heterocycles. The maximum Gasteiger partial charge on any atom is 0.407 e. The molecule has 28 heavy (non-hydrogen) atoms. The Morgan fingerprint density at radius 2 is 2.14 bits per heavy atom. The van der Waals surface area contributed by atoms with Gasteiger partial charge in [0, 0.05) is 17.6 Å². The molecule has 7 heteroatoms. The molecule has 1 fully saturated rings. The van der Waals surface area contributed by atoms with Gasteiger partial charge in [0.05, 0.1) is 17.0 Å². The minimum atomic E-state index is -0.330. The second-order valence-corrected chi connectivity index (χ2v) is 7.92. The number of alkyl carbamates (subject to hydrolysis) is 1. The highest BCUT2D eigenvalue weighted by Gasteiger charge is 2.29. The molecule has 148 valence electrons. The van der Waals surface area contributed by atoms with E-state index >= 15 is 0 Å². The van der Waals surface area contributed by atoms with E-state index in [-0.39, 0.29) is 18.2 Å². The molecule has 1 aliphatic carbocycles. The summed E-state index contributed by atoms with van der Waals surface area (Å²) in [5.41, 5.74) is 4.85. The van der Waals surface area contributed by atoms with Gasteiger partial charge in [-0.1, -0.05) is 5.16 Å². The van der Waals surface area contributed by atoms with E-state index in [0.29, 0.717) is 5.92 Å². The van der Waals surface area contributed by atoms with Crippen molar-refractivity contribution in [1.82, 2.24) is 20.4 Å². The average Bonchev–Trinajstić information content (AvgIpc) is 3.32. The molecule has 0 spiro atoms. The van der Waals surface area contributed by atoms with E-state index in [4.69, 9.17) is 9.26 Å². The Bertz CT molecular complexity index is 985. The molecule has 2 atom stereocenters. The Balaban J connectivity index is 1.50. The van der Waals surface area contributed by atoms with E-state index in [0.717, 1.165) is 53.0 Å². The molecule has 1 amide bonds. The molecule has 0 aliphatic heterocycles. The van der Waals surface area contributed by atoms with Crippen molar-refractivity contribution in [2.75, 3.05) is 0 Å². The zero-order valence-corrected chi connectivity index (χ0v) is 16.7. The molecule has 1 aliphatic rings. The third kappa shape index (κ3) is 3.61. The maximum atomic E-state index is 11.8. The number of amides is 1. The van der Waals surface area contributed by atoms with E-state index < -0.39 is 0 Å². The number of hydrogen-bond acceptors (Lipinski definition) is 5. The number of aryl methyl sites for hydroxylation is 2. The van der Waals surface area contributed by atoms with Crippen molar-refractivity contribution >= 4 is 17.1 Å². The smallest absolute Gasteiger partial charge is 0.407 e. The number of hydrogen-bond donors (Lipinski definition) is 2. The fraction of sp³-hybridized carbons (Fsp3) is 0.476. The normalized spacial score (nSPS) is 19.5. The summed E-state index contributed by atoms with van der Waals surface area (Å²) < 4.78 is 10.8. The predicted molar refractivity (Wildman–Crippen MR) is 106 cm³/mol. The summed E-state index contributed by atoms with van der Waals surface area (Å²) >= 11 is 0. The Morgan fingerprint density at radius 3 is 2.86 bits per heavy atom. The number of fused-ring (bicyclic) bond motifs is 1. The fourth-order valence-corrected chi connectivity index (χ4v) is 4.03. The van der Waals surface area contributed by atoms with Gasteiger partial charge >= 0.3 is 6.09 Å². The number of pyridine rings is 1. The van der Waals surface area contributed by atoms with Gasteiger partial charge in [-0.3, -0.25) is 0 Å². The molecule has 3 aromatic rings. The lowest BCUT2D eigenvalue weighted by atomic mass is 9.98. The topological polar surface area (TPSA) is 93.0 Å². The summed E-state index contributed by atoms with van der Waals surface area (Å²) in [4.78, 5) is 19.8. The monoisotopic (exact) mass is 382 g/mol. The number of aromatic amines is 1. The Morgan fingerprint density at radius 1 is 1.32 bits per heavy atom. The van der Waals surface area contributed by atoms with Gasteiger partial charge < -0.3 is 19.6 Å². The largest absolute Gasteiger partial charge is 0.446 e. The first-order chi connectivity index (χ1) is 13.4. The standard InChI is InChI=1S/C21H26N4O3/c1-11(2)23-21(26)27-17-6-5-14(8-17)16-7-15-9-18(24-20(15)22-10-16)19-12(3)25-28-13(19)4/h7,9-11,14,17H,5-6,8H2,1-4H3,(H,22,24)(H,23,26)/t14-,17+/m0/s1. The highest BCUT2D eigenvalue weighted by molar-refractivity contribution is 5.84. The van der Waals surface area contributed by atoms with Crippen molar-refractivity contribution in [2.45, 2.75) is 65.0 Å². The highest BCUT2D eigenvalue weighted by atomic mass is 16.6. The van der Waals surface area contributed by atoms with Gasteiger partial charge in [0.1, 0.15) is 17.5 Å². The van der Waals surface area contributed by atoms with E-state index in [1.165, 1.54) is 5.56 Å². The van der Waals surface area contributed by atoms with Gasteiger partial charge in [0.15, 0.2) is 0 Å². The first-order valence-corrected chi connectivity index (χ1v) is 9.79. The van der Waals surface area contributed by atoms with Crippen LogP contribution in [0, 0.1) is 13.8 Å². The summed E-state index contributed by atoms with van der Waals surface area (Å²) in [7, 11) is 0. The Labute approximate surface area is 163 Å². The van der Waals surface area contributed by atoms with Crippen LogP contribution >= 0.6 is 0 Å². The van der Waals surface area contributed by atoms with Gasteiger partial charge in [-0.2, -0.15) is 0 Å².